The van der Waals surface area contributed by atoms with Gasteiger partial charge in [0.05, 0.1) is 11.1 Å². The van der Waals surface area contributed by atoms with Crippen LogP contribution in [0.15, 0.2) is 42.5 Å². The van der Waals surface area contributed by atoms with Crippen molar-refractivity contribution in [1.82, 2.24) is 0 Å². The molecule has 0 fully saturated rings. The van der Waals surface area contributed by atoms with Gasteiger partial charge in [-0.3, -0.25) is 0 Å². The number of quaternary nitrogens is 1. The average Bonchev–Trinajstić information content (AvgIpc) is 2.56. The van der Waals surface area contributed by atoms with Crippen molar-refractivity contribution in [3.63, 3.8) is 0 Å². The van der Waals surface area contributed by atoms with Gasteiger partial charge in [0, 0.05) is 12.1 Å². The second kappa shape index (κ2) is 4.50. The summed E-state index contributed by atoms with van der Waals surface area (Å²) in [7, 11) is 0. The second-order valence-corrected chi connectivity index (χ2v) is 4.48. The molecule has 3 nitrogen and oxygen atoms in total. The normalized spacial score (nSPS) is 17.7. The van der Waals surface area contributed by atoms with E-state index in [1.54, 1.807) is 24.3 Å². The Balaban J connectivity index is 2.13. The average molecular weight is 281 g/mol. The Labute approximate surface area is 112 Å². The fourth-order valence-corrected chi connectivity index (χ4v) is 2.18. The van der Waals surface area contributed by atoms with E-state index in [9.17, 15) is 18.4 Å². The van der Waals surface area contributed by atoms with E-state index >= 15 is 0 Å². The lowest BCUT2D eigenvalue weighted by Gasteiger charge is -2.22. The third-order valence-corrected chi connectivity index (χ3v) is 3.20. The minimum atomic E-state index is -4.48. The largest absolute Gasteiger partial charge is 0.623 e. The summed E-state index contributed by atoms with van der Waals surface area (Å²) >= 11 is 0. The van der Waals surface area contributed by atoms with E-state index in [0.29, 0.717) is 11.3 Å². The van der Waals surface area contributed by atoms with E-state index in [2.05, 4.69) is 0 Å². The highest BCUT2D eigenvalue weighted by Gasteiger charge is 2.33. The molecule has 6 heteroatoms. The van der Waals surface area contributed by atoms with Crippen LogP contribution in [0.3, 0.4) is 0 Å². The van der Waals surface area contributed by atoms with Crippen LogP contribution in [-0.4, -0.2) is 0 Å². The van der Waals surface area contributed by atoms with Gasteiger partial charge in [0.15, 0.2) is 11.4 Å². The van der Waals surface area contributed by atoms with Crippen LogP contribution in [0.4, 0.5) is 24.5 Å². The first-order valence-electron chi connectivity index (χ1n) is 5.93. The van der Waals surface area contributed by atoms with E-state index in [4.69, 9.17) is 4.74 Å². The highest BCUT2D eigenvalue weighted by atomic mass is 19.4. The quantitative estimate of drug-likeness (QED) is 0.754. The fraction of sp³-hybridized carbons (Fsp3) is 0.143. The van der Waals surface area contributed by atoms with E-state index in [-0.39, 0.29) is 18.0 Å². The SMILES string of the molecule is [O-][NH+]1c2ccccc2COc2ccc(C(F)(F)F)cc21. The molecular formula is C14H10F3NO2. The molecule has 2 aromatic carbocycles. The van der Waals surface area contributed by atoms with Gasteiger partial charge in [0.1, 0.15) is 12.3 Å². The zero-order chi connectivity index (χ0) is 14.3. The van der Waals surface area contributed by atoms with Crippen molar-refractivity contribution in [3.8, 4) is 5.75 Å². The molecule has 0 saturated carbocycles. The van der Waals surface area contributed by atoms with E-state index in [1.165, 1.54) is 6.07 Å². The number of fused-ring (bicyclic) bond motifs is 2. The molecule has 104 valence electrons. The number of ether oxygens (including phenoxy) is 1. The predicted octanol–water partition coefficient (Wildman–Crippen LogP) is 2.94. The van der Waals surface area contributed by atoms with Crippen molar-refractivity contribution in [2.45, 2.75) is 12.8 Å². The molecule has 20 heavy (non-hydrogen) atoms. The molecule has 2 aromatic rings. The van der Waals surface area contributed by atoms with Gasteiger partial charge in [-0.2, -0.15) is 13.2 Å². The molecule has 3 rings (SSSR count). The zero-order valence-corrected chi connectivity index (χ0v) is 10.2. The van der Waals surface area contributed by atoms with Crippen molar-refractivity contribution >= 4 is 11.4 Å². The van der Waals surface area contributed by atoms with E-state index < -0.39 is 16.8 Å². The first-order chi connectivity index (χ1) is 9.47. The molecule has 1 atom stereocenters. The summed E-state index contributed by atoms with van der Waals surface area (Å²) in [5, 5.41) is 11.9. The van der Waals surface area contributed by atoms with Gasteiger partial charge in [0.2, 0.25) is 0 Å². The van der Waals surface area contributed by atoms with Crippen molar-refractivity contribution in [2.75, 3.05) is 0 Å². The number of halogens is 3. The van der Waals surface area contributed by atoms with Gasteiger partial charge >= 0.3 is 6.18 Å². The molecular weight excluding hydrogens is 271 g/mol. The standard InChI is InChI=1S/C14H10F3NO2/c15-14(16,17)10-5-6-13-12(7-10)18(19)11-4-2-1-3-9(11)8-20-13/h1-7,18H,8H2. The summed E-state index contributed by atoms with van der Waals surface area (Å²) in [5.41, 5.74) is 0.144. The van der Waals surface area contributed by atoms with Crippen LogP contribution in [0.5, 0.6) is 5.75 Å². The molecule has 1 aliphatic heterocycles. The Bertz CT molecular complexity index is 655. The maximum atomic E-state index is 12.7. The van der Waals surface area contributed by atoms with Gasteiger partial charge in [-0.05, 0) is 18.2 Å². The lowest BCUT2D eigenvalue weighted by molar-refractivity contribution is -0.698. The molecule has 0 aromatic heterocycles. The smallest absolute Gasteiger partial charge is 0.416 e. The Morgan fingerprint density at radius 3 is 2.55 bits per heavy atom. The number of para-hydroxylation sites is 1. The molecule has 0 radical (unpaired) electrons. The van der Waals surface area contributed by atoms with Crippen molar-refractivity contribution in [3.05, 3.63) is 58.8 Å². The van der Waals surface area contributed by atoms with Crippen molar-refractivity contribution < 1.29 is 23.0 Å². The molecule has 0 saturated heterocycles. The summed E-state index contributed by atoms with van der Waals surface area (Å²) in [5.74, 6) is 0.180. The van der Waals surface area contributed by atoms with Crippen LogP contribution in [0.25, 0.3) is 0 Å². The van der Waals surface area contributed by atoms with Gasteiger partial charge in [-0.15, -0.1) is 0 Å². The summed E-state index contributed by atoms with van der Waals surface area (Å²) in [4.78, 5) is 0. The first kappa shape index (κ1) is 13.0. The van der Waals surface area contributed by atoms with Crippen LogP contribution < -0.4 is 9.80 Å². The van der Waals surface area contributed by atoms with Crippen molar-refractivity contribution in [2.24, 2.45) is 0 Å². The van der Waals surface area contributed by atoms with Gasteiger partial charge in [0.25, 0.3) is 0 Å². The maximum absolute atomic E-state index is 12.7. The van der Waals surface area contributed by atoms with Gasteiger partial charge in [-0.1, -0.05) is 12.1 Å². The molecule has 0 aliphatic carbocycles. The lowest BCUT2D eigenvalue weighted by Crippen LogP contribution is -2.96. The number of hydrogen-bond acceptors (Lipinski definition) is 2. The highest BCUT2D eigenvalue weighted by Crippen LogP contribution is 2.35. The minimum Gasteiger partial charge on any atom is -0.623 e. The summed E-state index contributed by atoms with van der Waals surface area (Å²) in [6, 6.07) is 9.71. The van der Waals surface area contributed by atoms with E-state index in [1.807, 2.05) is 0 Å². The summed E-state index contributed by atoms with van der Waals surface area (Å²) in [6.45, 7) is 0.167. The fourth-order valence-electron chi connectivity index (χ4n) is 2.18. The van der Waals surface area contributed by atoms with E-state index in [0.717, 1.165) is 12.1 Å². The van der Waals surface area contributed by atoms with Crippen molar-refractivity contribution in [1.29, 1.82) is 0 Å². The molecule has 1 aliphatic rings. The number of benzene rings is 2. The van der Waals surface area contributed by atoms with Gasteiger partial charge in [-0.25, -0.2) is 0 Å². The van der Waals surface area contributed by atoms with Crippen LogP contribution >= 0.6 is 0 Å². The zero-order valence-electron chi connectivity index (χ0n) is 10.2. The Morgan fingerprint density at radius 1 is 1.05 bits per heavy atom. The number of alkyl halides is 3. The first-order valence-corrected chi connectivity index (χ1v) is 5.93. The van der Waals surface area contributed by atoms with Crippen LogP contribution in [0.1, 0.15) is 11.1 Å². The number of hydrogen-bond donors (Lipinski definition) is 1. The molecule has 0 amide bonds. The lowest BCUT2D eigenvalue weighted by atomic mass is 10.1. The Morgan fingerprint density at radius 2 is 1.80 bits per heavy atom. The maximum Gasteiger partial charge on any atom is 0.416 e. The highest BCUT2D eigenvalue weighted by molar-refractivity contribution is 5.54. The Hall–Kier alpha value is -2.05. The molecule has 1 N–H and O–H groups in total. The van der Waals surface area contributed by atoms with Gasteiger partial charge < -0.3 is 15.0 Å². The molecule has 1 heterocycles. The number of nitrogens with one attached hydrogen (secondary N) is 1. The predicted molar refractivity (Wildman–Crippen MR) is 65.9 cm³/mol. The van der Waals surface area contributed by atoms with Crippen LogP contribution in [0.2, 0.25) is 0 Å². The second-order valence-electron chi connectivity index (χ2n) is 4.48. The monoisotopic (exact) mass is 281 g/mol. The minimum absolute atomic E-state index is 0.0511. The molecule has 1 unspecified atom stereocenters. The molecule has 0 bridgehead atoms. The Kier molecular flexibility index (Phi) is 2.92. The summed E-state index contributed by atoms with van der Waals surface area (Å²) < 4.78 is 43.6. The topological polar surface area (TPSA) is 36.7 Å². The third kappa shape index (κ3) is 2.13. The summed E-state index contributed by atoms with van der Waals surface area (Å²) in [6.07, 6.45) is -4.48. The van der Waals surface area contributed by atoms with Crippen LogP contribution in [-0.2, 0) is 12.8 Å². The molecule has 0 spiro atoms. The van der Waals surface area contributed by atoms with Crippen LogP contribution in [0, 0.1) is 5.21 Å². The third-order valence-electron chi connectivity index (χ3n) is 3.20. The number of rotatable bonds is 0.